The highest BCUT2D eigenvalue weighted by molar-refractivity contribution is 6.02. The molecule has 1 unspecified atom stereocenters. The number of methoxy groups -OCH3 is 1. The summed E-state index contributed by atoms with van der Waals surface area (Å²) in [5.41, 5.74) is -1.23. The monoisotopic (exact) mass is 347 g/mol. The number of hydrogen-bond donors (Lipinski definition) is 1. The summed E-state index contributed by atoms with van der Waals surface area (Å²) in [5, 5.41) is 9.64. The van der Waals surface area contributed by atoms with Gasteiger partial charge in [0.05, 0.1) is 13.7 Å². The highest BCUT2D eigenvalue weighted by Crippen LogP contribution is 2.40. The maximum Gasteiger partial charge on any atom is 0.319 e. The van der Waals surface area contributed by atoms with Gasteiger partial charge in [-0.15, -0.1) is 0 Å². The highest BCUT2D eigenvalue weighted by atomic mass is 16.5. The Hall–Kier alpha value is -2.24. The van der Waals surface area contributed by atoms with Gasteiger partial charge in [0.2, 0.25) is 5.91 Å². The van der Waals surface area contributed by atoms with Crippen LogP contribution in [0.3, 0.4) is 0 Å². The van der Waals surface area contributed by atoms with E-state index in [0.717, 1.165) is 25.7 Å². The van der Waals surface area contributed by atoms with Crippen molar-refractivity contribution >= 4 is 11.9 Å². The van der Waals surface area contributed by atoms with Gasteiger partial charge in [-0.1, -0.05) is 25.0 Å². The van der Waals surface area contributed by atoms with Crippen molar-refractivity contribution < 1.29 is 24.2 Å². The minimum atomic E-state index is -1.23. The number of hydrogen-bond acceptors (Lipinski definition) is 4. The van der Waals surface area contributed by atoms with Gasteiger partial charge in [0, 0.05) is 6.54 Å². The smallest absolute Gasteiger partial charge is 0.319 e. The van der Waals surface area contributed by atoms with E-state index in [-0.39, 0.29) is 12.0 Å². The average Bonchev–Trinajstić information content (AvgIpc) is 3.13. The number of para-hydroxylation sites is 2. The van der Waals surface area contributed by atoms with Crippen LogP contribution in [0.1, 0.15) is 38.5 Å². The van der Waals surface area contributed by atoms with E-state index in [1.807, 2.05) is 24.3 Å². The average molecular weight is 347 g/mol. The third-order valence-electron chi connectivity index (χ3n) is 5.30. The normalized spacial score (nSPS) is 22.4. The summed E-state index contributed by atoms with van der Waals surface area (Å²) in [4.78, 5) is 26.4. The van der Waals surface area contributed by atoms with Crippen molar-refractivity contribution in [3.63, 3.8) is 0 Å². The molecule has 1 saturated carbocycles. The van der Waals surface area contributed by atoms with Crippen molar-refractivity contribution in [3.8, 4) is 11.5 Å². The van der Waals surface area contributed by atoms with Gasteiger partial charge in [-0.25, -0.2) is 0 Å². The number of carbonyl (C=O) groups excluding carboxylic acids is 1. The zero-order valence-corrected chi connectivity index (χ0v) is 14.6. The molecule has 0 radical (unpaired) electrons. The van der Waals surface area contributed by atoms with Crippen LogP contribution < -0.4 is 9.47 Å². The lowest BCUT2D eigenvalue weighted by Gasteiger charge is -2.37. The zero-order chi connectivity index (χ0) is 17.9. The van der Waals surface area contributed by atoms with Gasteiger partial charge in [0.1, 0.15) is 11.5 Å². The van der Waals surface area contributed by atoms with Crippen molar-refractivity contribution in [1.82, 2.24) is 4.90 Å². The van der Waals surface area contributed by atoms with E-state index in [1.165, 1.54) is 0 Å². The Morgan fingerprint density at radius 1 is 1.16 bits per heavy atom. The van der Waals surface area contributed by atoms with Crippen LogP contribution in [0.5, 0.6) is 11.5 Å². The minimum Gasteiger partial charge on any atom is -0.493 e. The van der Waals surface area contributed by atoms with Gasteiger partial charge < -0.3 is 19.5 Å². The lowest BCUT2D eigenvalue weighted by molar-refractivity contribution is -0.161. The van der Waals surface area contributed by atoms with Crippen LogP contribution in [0.2, 0.25) is 0 Å². The second-order valence-electron chi connectivity index (χ2n) is 6.88. The van der Waals surface area contributed by atoms with E-state index < -0.39 is 11.4 Å². The quantitative estimate of drug-likeness (QED) is 0.829. The van der Waals surface area contributed by atoms with Crippen LogP contribution >= 0.6 is 0 Å². The molecule has 25 heavy (non-hydrogen) atoms. The molecule has 1 saturated heterocycles. The first kappa shape index (κ1) is 17.6. The molecule has 2 fully saturated rings. The molecule has 136 valence electrons. The molecular formula is C19H25NO5. The molecule has 1 aromatic carbocycles. The topological polar surface area (TPSA) is 76.1 Å². The number of carboxylic acids is 1. The van der Waals surface area contributed by atoms with E-state index in [0.29, 0.717) is 37.4 Å². The first-order valence-electron chi connectivity index (χ1n) is 8.89. The molecule has 2 aliphatic rings. The molecule has 1 heterocycles. The fraction of sp³-hybridized carbons (Fsp3) is 0.579. The largest absolute Gasteiger partial charge is 0.493 e. The van der Waals surface area contributed by atoms with Crippen molar-refractivity contribution in [3.05, 3.63) is 24.3 Å². The molecule has 1 aromatic rings. The fourth-order valence-corrected chi connectivity index (χ4v) is 3.91. The van der Waals surface area contributed by atoms with Crippen molar-refractivity contribution in [2.24, 2.45) is 5.41 Å². The molecule has 1 aliphatic heterocycles. The van der Waals surface area contributed by atoms with Crippen LogP contribution in [-0.4, -0.2) is 48.2 Å². The molecule has 1 atom stereocenters. The molecule has 6 nitrogen and oxygen atoms in total. The van der Waals surface area contributed by atoms with Gasteiger partial charge in [-0.3, -0.25) is 9.59 Å². The summed E-state index contributed by atoms with van der Waals surface area (Å²) >= 11 is 0. The lowest BCUT2D eigenvalue weighted by atomic mass is 9.84. The number of nitrogens with zero attached hydrogens (tertiary/aromatic N) is 1. The summed E-state index contributed by atoms with van der Waals surface area (Å²) in [6.07, 6.45) is 3.97. The minimum absolute atomic E-state index is 0.152. The number of ether oxygens (including phenoxy) is 2. The number of aliphatic carboxylic acids is 1. The third-order valence-corrected chi connectivity index (χ3v) is 5.30. The molecular weight excluding hydrogens is 322 g/mol. The van der Waals surface area contributed by atoms with Crippen LogP contribution in [0.15, 0.2) is 24.3 Å². The third kappa shape index (κ3) is 3.43. The van der Waals surface area contributed by atoms with Gasteiger partial charge in [-0.05, 0) is 37.8 Å². The van der Waals surface area contributed by atoms with Crippen LogP contribution in [0.25, 0.3) is 0 Å². The van der Waals surface area contributed by atoms with Gasteiger partial charge in [-0.2, -0.15) is 0 Å². The highest BCUT2D eigenvalue weighted by Gasteiger charge is 2.50. The Bertz CT molecular complexity index is 638. The second kappa shape index (κ2) is 7.33. The number of amides is 1. The van der Waals surface area contributed by atoms with Gasteiger partial charge in [0.25, 0.3) is 0 Å². The van der Waals surface area contributed by atoms with E-state index in [9.17, 15) is 14.7 Å². The van der Waals surface area contributed by atoms with Crippen LogP contribution in [0.4, 0.5) is 0 Å². The van der Waals surface area contributed by atoms with Gasteiger partial charge >= 0.3 is 5.97 Å². The first-order valence-corrected chi connectivity index (χ1v) is 8.89. The predicted molar refractivity (Wildman–Crippen MR) is 91.8 cm³/mol. The molecule has 3 rings (SSSR count). The molecule has 1 aliphatic carbocycles. The second-order valence-corrected chi connectivity index (χ2v) is 6.88. The van der Waals surface area contributed by atoms with Crippen molar-refractivity contribution in [1.29, 1.82) is 0 Å². The zero-order valence-electron chi connectivity index (χ0n) is 14.6. The summed E-state index contributed by atoms with van der Waals surface area (Å²) in [7, 11) is 1.59. The molecule has 0 spiro atoms. The SMILES string of the molecule is COc1ccccc1OC1CCCN(C(=O)C2(C(=O)O)CCCC2)C1. The Morgan fingerprint density at radius 2 is 1.84 bits per heavy atom. The summed E-state index contributed by atoms with van der Waals surface area (Å²) in [6.45, 7) is 1.02. The van der Waals surface area contributed by atoms with E-state index in [2.05, 4.69) is 0 Å². The number of carboxylic acid groups (broad SMARTS) is 1. The summed E-state index contributed by atoms with van der Waals surface area (Å²) < 4.78 is 11.4. The van der Waals surface area contributed by atoms with E-state index in [1.54, 1.807) is 12.0 Å². The van der Waals surface area contributed by atoms with Crippen LogP contribution in [0, 0.1) is 5.41 Å². The predicted octanol–water partition coefficient (Wildman–Crippen LogP) is 2.71. The molecule has 1 N–H and O–H groups in total. The van der Waals surface area contributed by atoms with E-state index in [4.69, 9.17) is 9.47 Å². The number of piperidine rings is 1. The number of rotatable bonds is 5. The number of benzene rings is 1. The van der Waals surface area contributed by atoms with E-state index >= 15 is 0 Å². The Kier molecular flexibility index (Phi) is 5.16. The number of likely N-dealkylation sites (tertiary alicyclic amines) is 1. The summed E-state index contributed by atoms with van der Waals surface area (Å²) in [5.74, 6) is 0.0791. The first-order chi connectivity index (χ1) is 12.1. The number of carbonyl (C=O) groups is 2. The molecule has 0 aromatic heterocycles. The summed E-state index contributed by atoms with van der Waals surface area (Å²) in [6, 6.07) is 7.43. The maximum absolute atomic E-state index is 12.9. The van der Waals surface area contributed by atoms with Crippen LogP contribution in [-0.2, 0) is 9.59 Å². The standard InChI is InChI=1S/C19H25NO5/c1-24-15-8-2-3-9-16(15)25-14-7-6-12-20(13-14)17(21)19(18(22)23)10-4-5-11-19/h2-3,8-9,14H,4-7,10-13H2,1H3,(H,22,23). The Balaban J connectivity index is 1.70. The Labute approximate surface area is 147 Å². The van der Waals surface area contributed by atoms with Crippen molar-refractivity contribution in [2.75, 3.05) is 20.2 Å². The maximum atomic E-state index is 12.9. The fourth-order valence-electron chi connectivity index (χ4n) is 3.91. The molecule has 6 heteroatoms. The Morgan fingerprint density at radius 3 is 2.48 bits per heavy atom. The molecule has 1 amide bonds. The van der Waals surface area contributed by atoms with Crippen molar-refractivity contribution in [2.45, 2.75) is 44.6 Å². The lowest BCUT2D eigenvalue weighted by Crippen LogP contribution is -2.52. The van der Waals surface area contributed by atoms with Gasteiger partial charge in [0.15, 0.2) is 11.5 Å². The molecule has 0 bridgehead atoms.